The topological polar surface area (TPSA) is 20.2 Å². The highest BCUT2D eigenvalue weighted by molar-refractivity contribution is 5.50. The summed E-state index contributed by atoms with van der Waals surface area (Å²) in [5.41, 5.74) is 2.16. The molecule has 1 heteroatoms. The molecule has 0 amide bonds. The van der Waals surface area contributed by atoms with Crippen LogP contribution in [0.1, 0.15) is 50.2 Å². The first kappa shape index (κ1) is 13.0. The molecule has 0 spiro atoms. The van der Waals surface area contributed by atoms with Gasteiger partial charge in [0.1, 0.15) is 0 Å². The lowest BCUT2D eigenvalue weighted by molar-refractivity contribution is 0.282. The summed E-state index contributed by atoms with van der Waals surface area (Å²) < 4.78 is 0. The molecule has 0 atom stereocenters. The maximum Gasteiger partial charge on any atom is 0.0682 e. The number of aliphatic hydroxyl groups excluding tert-OH is 1. The number of aliphatic hydroxyl groups is 1. The number of hydrogen-bond acceptors (Lipinski definition) is 1. The van der Waals surface area contributed by atoms with Gasteiger partial charge in [-0.25, -0.2) is 0 Å². The van der Waals surface area contributed by atoms with E-state index in [1.165, 1.54) is 31.2 Å². The Labute approximate surface area is 98.8 Å². The van der Waals surface area contributed by atoms with Crippen LogP contribution in [-0.4, -0.2) is 5.11 Å². The fraction of sp³-hybridized carbons (Fsp3) is 0.467. The Bertz CT molecular complexity index is 315. The molecular formula is C15H22O. The van der Waals surface area contributed by atoms with Gasteiger partial charge in [-0.05, 0) is 30.0 Å². The summed E-state index contributed by atoms with van der Waals surface area (Å²) in [4.78, 5) is 0. The molecule has 0 radical (unpaired) electrons. The summed E-state index contributed by atoms with van der Waals surface area (Å²) in [7, 11) is 0. The smallest absolute Gasteiger partial charge is 0.0682 e. The number of hydrogen-bond donors (Lipinski definition) is 1. The minimum atomic E-state index is 0.123. The lowest BCUT2D eigenvalue weighted by atomic mass is 10.1. The quantitative estimate of drug-likeness (QED) is 0.681. The molecule has 0 aliphatic carbocycles. The van der Waals surface area contributed by atoms with E-state index in [-0.39, 0.29) is 6.61 Å². The van der Waals surface area contributed by atoms with E-state index in [9.17, 15) is 0 Å². The zero-order valence-corrected chi connectivity index (χ0v) is 10.2. The molecule has 0 aliphatic heterocycles. The highest BCUT2D eigenvalue weighted by Crippen LogP contribution is 2.09. The third-order valence-electron chi connectivity index (χ3n) is 2.67. The van der Waals surface area contributed by atoms with E-state index in [1.54, 1.807) is 0 Å². The molecule has 88 valence electrons. The summed E-state index contributed by atoms with van der Waals surface area (Å²) in [5, 5.41) is 9.01. The second-order valence-corrected chi connectivity index (χ2v) is 4.15. The zero-order chi connectivity index (χ0) is 11.6. The van der Waals surface area contributed by atoms with Gasteiger partial charge in [0.05, 0.1) is 6.61 Å². The average molecular weight is 218 g/mol. The maximum atomic E-state index is 9.01. The van der Waals surface area contributed by atoms with Crippen molar-refractivity contribution in [3.8, 4) is 0 Å². The van der Waals surface area contributed by atoms with Crippen LogP contribution >= 0.6 is 0 Å². The predicted octanol–water partition coefficient (Wildman–Crippen LogP) is 4.16. The Hall–Kier alpha value is -1.08. The molecule has 0 aromatic heterocycles. The maximum absolute atomic E-state index is 9.01. The predicted molar refractivity (Wildman–Crippen MR) is 70.2 cm³/mol. The van der Waals surface area contributed by atoms with Gasteiger partial charge in [-0.1, -0.05) is 56.5 Å². The van der Waals surface area contributed by atoms with Gasteiger partial charge in [0.2, 0.25) is 0 Å². The van der Waals surface area contributed by atoms with Gasteiger partial charge in [0.15, 0.2) is 0 Å². The first-order chi connectivity index (χ1) is 7.86. The van der Waals surface area contributed by atoms with Gasteiger partial charge < -0.3 is 5.11 Å². The van der Waals surface area contributed by atoms with E-state index in [2.05, 4.69) is 25.1 Å². The Morgan fingerprint density at radius 1 is 1.19 bits per heavy atom. The first-order valence-corrected chi connectivity index (χ1v) is 6.23. The van der Waals surface area contributed by atoms with Crippen molar-refractivity contribution in [2.24, 2.45) is 0 Å². The van der Waals surface area contributed by atoms with E-state index in [4.69, 9.17) is 5.11 Å². The number of benzene rings is 1. The molecule has 0 fully saturated rings. The Morgan fingerprint density at radius 3 is 2.81 bits per heavy atom. The SMILES string of the molecule is CCCCCC/C=C/c1cccc(CO)c1. The normalized spacial score (nSPS) is 11.1. The monoisotopic (exact) mass is 218 g/mol. The van der Waals surface area contributed by atoms with Crippen LogP contribution in [-0.2, 0) is 6.61 Å². The first-order valence-electron chi connectivity index (χ1n) is 6.23. The fourth-order valence-electron chi connectivity index (χ4n) is 1.70. The third-order valence-corrected chi connectivity index (χ3v) is 2.67. The van der Waals surface area contributed by atoms with E-state index in [1.807, 2.05) is 18.2 Å². The molecule has 16 heavy (non-hydrogen) atoms. The lowest BCUT2D eigenvalue weighted by Gasteiger charge is -1.98. The summed E-state index contributed by atoms with van der Waals surface area (Å²) in [6, 6.07) is 8.03. The molecule has 0 heterocycles. The van der Waals surface area contributed by atoms with E-state index < -0.39 is 0 Å². The standard InChI is InChI=1S/C15H22O/c1-2-3-4-5-6-7-9-14-10-8-11-15(12-14)13-16/h7-12,16H,2-6,13H2,1H3/b9-7+. The molecule has 1 aromatic rings. The molecule has 0 saturated carbocycles. The van der Waals surface area contributed by atoms with E-state index in [0.29, 0.717) is 0 Å². The average Bonchev–Trinajstić information content (AvgIpc) is 2.34. The lowest BCUT2D eigenvalue weighted by Crippen LogP contribution is -1.82. The number of rotatable bonds is 7. The van der Waals surface area contributed by atoms with Gasteiger partial charge in [-0.15, -0.1) is 0 Å². The molecule has 0 bridgehead atoms. The van der Waals surface area contributed by atoms with Crippen LogP contribution in [0.5, 0.6) is 0 Å². The summed E-state index contributed by atoms with van der Waals surface area (Å²) in [6.07, 6.45) is 10.8. The molecule has 1 N–H and O–H groups in total. The van der Waals surface area contributed by atoms with Crippen molar-refractivity contribution in [2.45, 2.75) is 45.6 Å². The van der Waals surface area contributed by atoms with E-state index in [0.717, 1.165) is 12.0 Å². The fourth-order valence-corrected chi connectivity index (χ4v) is 1.70. The van der Waals surface area contributed by atoms with Crippen molar-refractivity contribution in [3.05, 3.63) is 41.5 Å². The second kappa shape index (κ2) is 8.12. The second-order valence-electron chi connectivity index (χ2n) is 4.15. The van der Waals surface area contributed by atoms with Crippen LogP contribution in [0.15, 0.2) is 30.3 Å². The number of unbranched alkanes of at least 4 members (excludes halogenated alkanes) is 4. The summed E-state index contributed by atoms with van der Waals surface area (Å²) >= 11 is 0. The van der Waals surface area contributed by atoms with Gasteiger partial charge in [0.25, 0.3) is 0 Å². The van der Waals surface area contributed by atoms with Crippen molar-refractivity contribution >= 4 is 6.08 Å². The van der Waals surface area contributed by atoms with Gasteiger partial charge in [-0.3, -0.25) is 0 Å². The van der Waals surface area contributed by atoms with Crippen molar-refractivity contribution in [1.29, 1.82) is 0 Å². The summed E-state index contributed by atoms with van der Waals surface area (Å²) in [6.45, 7) is 2.36. The molecule has 1 rings (SSSR count). The van der Waals surface area contributed by atoms with Gasteiger partial charge in [-0.2, -0.15) is 0 Å². The molecule has 1 aromatic carbocycles. The molecule has 0 saturated heterocycles. The largest absolute Gasteiger partial charge is 0.392 e. The van der Waals surface area contributed by atoms with Crippen molar-refractivity contribution in [1.82, 2.24) is 0 Å². The molecule has 0 aliphatic rings. The number of allylic oxidation sites excluding steroid dienone is 1. The third kappa shape index (κ3) is 5.13. The van der Waals surface area contributed by atoms with Gasteiger partial charge in [0, 0.05) is 0 Å². The molecular weight excluding hydrogens is 196 g/mol. The summed E-state index contributed by atoms with van der Waals surface area (Å²) in [5.74, 6) is 0. The molecule has 0 unspecified atom stereocenters. The van der Waals surface area contributed by atoms with Gasteiger partial charge >= 0.3 is 0 Å². The molecule has 1 nitrogen and oxygen atoms in total. The Kier molecular flexibility index (Phi) is 6.59. The van der Waals surface area contributed by atoms with Crippen LogP contribution in [0.25, 0.3) is 6.08 Å². The van der Waals surface area contributed by atoms with E-state index >= 15 is 0 Å². The zero-order valence-electron chi connectivity index (χ0n) is 10.2. The Morgan fingerprint density at radius 2 is 2.06 bits per heavy atom. The minimum absolute atomic E-state index is 0.123. The minimum Gasteiger partial charge on any atom is -0.392 e. The van der Waals surface area contributed by atoms with Crippen molar-refractivity contribution < 1.29 is 5.11 Å². The van der Waals surface area contributed by atoms with Crippen LogP contribution in [0, 0.1) is 0 Å². The highest BCUT2D eigenvalue weighted by Gasteiger charge is 1.90. The highest BCUT2D eigenvalue weighted by atomic mass is 16.3. The van der Waals surface area contributed by atoms with Crippen LogP contribution in [0.3, 0.4) is 0 Å². The van der Waals surface area contributed by atoms with Crippen molar-refractivity contribution in [2.75, 3.05) is 0 Å². The Balaban J connectivity index is 2.32. The van der Waals surface area contributed by atoms with Crippen molar-refractivity contribution in [3.63, 3.8) is 0 Å². The van der Waals surface area contributed by atoms with Crippen LogP contribution in [0.4, 0.5) is 0 Å². The van der Waals surface area contributed by atoms with Crippen LogP contribution in [0.2, 0.25) is 0 Å². The van der Waals surface area contributed by atoms with Crippen LogP contribution < -0.4 is 0 Å².